The Bertz CT molecular complexity index is 239. The average molecular weight is 238 g/mol. The fourth-order valence-corrected chi connectivity index (χ4v) is 1.41. The molecular weight excluding hydrogens is 221 g/mol. The molecule has 3 nitrogen and oxygen atoms in total. The van der Waals surface area contributed by atoms with Gasteiger partial charge in [-0.15, -0.1) is 0 Å². The van der Waals surface area contributed by atoms with Gasteiger partial charge in [0.15, 0.2) is 0 Å². The molecule has 0 heterocycles. The Labute approximate surface area is 92.8 Å². The maximum absolute atomic E-state index is 11.9. The first kappa shape index (κ1) is 13.3. The number of nitrogens with one attached hydrogen (secondary N) is 2. The Morgan fingerprint density at radius 3 is 2.50 bits per heavy atom. The molecule has 0 aliphatic heterocycles. The zero-order valence-corrected chi connectivity index (χ0v) is 9.23. The van der Waals surface area contributed by atoms with Crippen LogP contribution in [0.4, 0.5) is 13.2 Å². The summed E-state index contributed by atoms with van der Waals surface area (Å²) < 4.78 is 35.8. The molecule has 0 saturated heterocycles. The van der Waals surface area contributed by atoms with Crippen LogP contribution in [0, 0.1) is 5.92 Å². The molecule has 0 aromatic carbocycles. The molecule has 0 bridgehead atoms. The van der Waals surface area contributed by atoms with Crippen molar-refractivity contribution in [3.63, 3.8) is 0 Å². The molecule has 1 amide bonds. The minimum atomic E-state index is -4.14. The van der Waals surface area contributed by atoms with Crippen LogP contribution in [0.1, 0.15) is 26.2 Å². The Balaban J connectivity index is 1.99. The van der Waals surface area contributed by atoms with Gasteiger partial charge in [-0.2, -0.15) is 13.2 Å². The lowest BCUT2D eigenvalue weighted by Crippen LogP contribution is -2.38. The molecule has 1 atom stereocenters. The fraction of sp³-hybridized carbons (Fsp3) is 0.900. The van der Waals surface area contributed by atoms with E-state index in [1.54, 1.807) is 0 Å². The molecule has 1 aliphatic rings. The molecule has 1 saturated carbocycles. The van der Waals surface area contributed by atoms with Gasteiger partial charge in [-0.1, -0.05) is 0 Å². The van der Waals surface area contributed by atoms with Crippen LogP contribution in [0.3, 0.4) is 0 Å². The van der Waals surface area contributed by atoms with Crippen molar-refractivity contribution < 1.29 is 18.0 Å². The van der Waals surface area contributed by atoms with Crippen molar-refractivity contribution in [3.05, 3.63) is 0 Å². The van der Waals surface area contributed by atoms with E-state index < -0.39 is 18.6 Å². The first-order chi connectivity index (χ1) is 7.38. The third-order valence-corrected chi connectivity index (χ3v) is 2.40. The molecule has 6 heteroatoms. The van der Waals surface area contributed by atoms with E-state index in [0.29, 0.717) is 13.1 Å². The van der Waals surface area contributed by atoms with Crippen LogP contribution in [0.2, 0.25) is 0 Å². The van der Waals surface area contributed by atoms with Gasteiger partial charge >= 0.3 is 6.18 Å². The third-order valence-electron chi connectivity index (χ3n) is 2.40. The predicted octanol–water partition coefficient (Wildman–Crippen LogP) is 1.44. The topological polar surface area (TPSA) is 41.1 Å². The van der Waals surface area contributed by atoms with Gasteiger partial charge in [0.25, 0.3) is 0 Å². The van der Waals surface area contributed by atoms with Crippen LogP contribution >= 0.6 is 0 Å². The van der Waals surface area contributed by atoms with E-state index in [9.17, 15) is 18.0 Å². The fourth-order valence-electron chi connectivity index (χ4n) is 1.41. The number of hydrogen-bond acceptors (Lipinski definition) is 2. The Morgan fingerprint density at radius 1 is 1.38 bits per heavy atom. The summed E-state index contributed by atoms with van der Waals surface area (Å²) >= 11 is 0. The van der Waals surface area contributed by atoms with Crippen LogP contribution < -0.4 is 10.6 Å². The summed E-state index contributed by atoms with van der Waals surface area (Å²) in [6.07, 6.45) is -3.11. The standard InChI is InChI=1S/C10H17F3N2O/c1-7(6-10(11,12)13)14-4-5-15-9(16)8-2-3-8/h7-8,14H,2-6H2,1H3,(H,15,16). The van der Waals surface area contributed by atoms with Gasteiger partial charge in [-0.05, 0) is 19.8 Å². The van der Waals surface area contributed by atoms with Crippen LogP contribution in [-0.2, 0) is 4.79 Å². The van der Waals surface area contributed by atoms with E-state index in [1.165, 1.54) is 6.92 Å². The van der Waals surface area contributed by atoms with Gasteiger partial charge in [-0.25, -0.2) is 0 Å². The molecule has 94 valence electrons. The van der Waals surface area contributed by atoms with E-state index >= 15 is 0 Å². The first-order valence-electron chi connectivity index (χ1n) is 5.46. The number of carbonyl (C=O) groups is 1. The van der Waals surface area contributed by atoms with Crippen molar-refractivity contribution >= 4 is 5.91 Å². The third kappa shape index (κ3) is 5.95. The van der Waals surface area contributed by atoms with Gasteiger partial charge in [0.05, 0.1) is 6.42 Å². The molecule has 1 aliphatic carbocycles. The van der Waals surface area contributed by atoms with Crippen LogP contribution in [0.15, 0.2) is 0 Å². The SMILES string of the molecule is CC(CC(F)(F)F)NCCNC(=O)C1CC1. The summed E-state index contributed by atoms with van der Waals surface area (Å²) in [6.45, 7) is 2.24. The van der Waals surface area contributed by atoms with E-state index in [-0.39, 0.29) is 11.8 Å². The van der Waals surface area contributed by atoms with Crippen molar-refractivity contribution in [1.82, 2.24) is 10.6 Å². The highest BCUT2D eigenvalue weighted by atomic mass is 19.4. The highest BCUT2D eigenvalue weighted by Gasteiger charge is 2.30. The van der Waals surface area contributed by atoms with Crippen LogP contribution in [0.5, 0.6) is 0 Å². The molecular formula is C10H17F3N2O. The lowest BCUT2D eigenvalue weighted by Gasteiger charge is -2.15. The van der Waals surface area contributed by atoms with Gasteiger partial charge in [0, 0.05) is 25.0 Å². The zero-order chi connectivity index (χ0) is 12.2. The molecule has 0 spiro atoms. The van der Waals surface area contributed by atoms with Crippen molar-refractivity contribution in [2.75, 3.05) is 13.1 Å². The summed E-state index contributed by atoms with van der Waals surface area (Å²) in [5, 5.41) is 5.40. The second-order valence-electron chi connectivity index (χ2n) is 4.24. The highest BCUT2D eigenvalue weighted by Crippen LogP contribution is 2.28. The molecule has 1 rings (SSSR count). The molecule has 16 heavy (non-hydrogen) atoms. The Kier molecular flexibility index (Phi) is 4.58. The minimum absolute atomic E-state index is 0.0188. The number of halogens is 3. The molecule has 1 fully saturated rings. The molecule has 2 N–H and O–H groups in total. The molecule has 0 aromatic heterocycles. The maximum atomic E-state index is 11.9. The van der Waals surface area contributed by atoms with Crippen molar-refractivity contribution in [2.24, 2.45) is 5.92 Å². The number of carbonyl (C=O) groups excluding carboxylic acids is 1. The molecule has 1 unspecified atom stereocenters. The number of rotatable bonds is 6. The lowest BCUT2D eigenvalue weighted by atomic mass is 10.2. The molecule has 0 radical (unpaired) electrons. The summed E-state index contributed by atoms with van der Waals surface area (Å²) in [5.74, 6) is 0.165. The van der Waals surface area contributed by atoms with Crippen molar-refractivity contribution in [3.8, 4) is 0 Å². The van der Waals surface area contributed by atoms with E-state index in [0.717, 1.165) is 12.8 Å². The number of alkyl halides is 3. The van der Waals surface area contributed by atoms with Gasteiger partial charge in [-0.3, -0.25) is 4.79 Å². The predicted molar refractivity (Wildman–Crippen MR) is 53.9 cm³/mol. The Hall–Kier alpha value is -0.780. The van der Waals surface area contributed by atoms with Crippen molar-refractivity contribution in [1.29, 1.82) is 0 Å². The first-order valence-corrected chi connectivity index (χ1v) is 5.46. The normalized spacial score (nSPS) is 18.2. The summed E-state index contributed by atoms with van der Waals surface area (Å²) in [7, 11) is 0. The van der Waals surface area contributed by atoms with Crippen LogP contribution in [-0.4, -0.2) is 31.2 Å². The smallest absolute Gasteiger partial charge is 0.355 e. The van der Waals surface area contributed by atoms with Gasteiger partial charge < -0.3 is 10.6 Å². The maximum Gasteiger partial charge on any atom is 0.390 e. The summed E-state index contributed by atoms with van der Waals surface area (Å²) in [5.41, 5.74) is 0. The number of amides is 1. The van der Waals surface area contributed by atoms with Gasteiger partial charge in [0.2, 0.25) is 5.91 Å². The number of hydrogen-bond donors (Lipinski definition) is 2. The molecule has 0 aromatic rings. The van der Waals surface area contributed by atoms with E-state index in [2.05, 4.69) is 10.6 Å². The second-order valence-corrected chi connectivity index (χ2v) is 4.24. The van der Waals surface area contributed by atoms with E-state index in [1.807, 2.05) is 0 Å². The monoisotopic (exact) mass is 238 g/mol. The Morgan fingerprint density at radius 2 is 2.00 bits per heavy atom. The zero-order valence-electron chi connectivity index (χ0n) is 9.23. The van der Waals surface area contributed by atoms with E-state index in [4.69, 9.17) is 0 Å². The largest absolute Gasteiger partial charge is 0.390 e. The summed E-state index contributed by atoms with van der Waals surface area (Å²) in [4.78, 5) is 11.2. The quantitative estimate of drug-likeness (QED) is 0.687. The van der Waals surface area contributed by atoms with Crippen LogP contribution in [0.25, 0.3) is 0 Å². The summed E-state index contributed by atoms with van der Waals surface area (Å²) in [6, 6.07) is -0.613. The average Bonchev–Trinajstić information content (AvgIpc) is 2.91. The highest BCUT2D eigenvalue weighted by molar-refractivity contribution is 5.80. The van der Waals surface area contributed by atoms with Crippen molar-refractivity contribution in [2.45, 2.75) is 38.4 Å². The lowest BCUT2D eigenvalue weighted by molar-refractivity contribution is -0.139. The minimum Gasteiger partial charge on any atom is -0.355 e. The van der Waals surface area contributed by atoms with Gasteiger partial charge in [0.1, 0.15) is 0 Å². The second kappa shape index (κ2) is 5.52.